The summed E-state index contributed by atoms with van der Waals surface area (Å²) in [5.74, 6) is 0.276. The molecule has 0 aliphatic heterocycles. The summed E-state index contributed by atoms with van der Waals surface area (Å²) in [6.45, 7) is 2.94. The average Bonchev–Trinajstić information content (AvgIpc) is 3.19. The zero-order valence-electron chi connectivity index (χ0n) is 11.5. The average molecular weight is 286 g/mol. The van der Waals surface area contributed by atoms with Crippen LogP contribution in [0, 0.1) is 11.7 Å². The Balaban J connectivity index is 2.24. The van der Waals surface area contributed by atoms with Gasteiger partial charge in [-0.15, -0.1) is 0 Å². The molecule has 0 bridgehead atoms. The van der Waals surface area contributed by atoms with Crippen LogP contribution in [0.15, 0.2) is 18.2 Å². The van der Waals surface area contributed by atoms with Crippen molar-refractivity contribution < 1.29 is 9.13 Å². The molecule has 2 unspecified atom stereocenters. The molecule has 0 radical (unpaired) electrons. The van der Waals surface area contributed by atoms with Gasteiger partial charge in [-0.3, -0.25) is 0 Å². The molecule has 1 aromatic carbocycles. The summed E-state index contributed by atoms with van der Waals surface area (Å²) in [6, 6.07) is 4.77. The number of hydrogen-bond donors (Lipinski definition) is 1. The van der Waals surface area contributed by atoms with Crippen LogP contribution in [-0.4, -0.2) is 19.8 Å². The summed E-state index contributed by atoms with van der Waals surface area (Å²) >= 11 is 5.82. The van der Waals surface area contributed by atoms with Crippen LogP contribution in [0.5, 0.6) is 0 Å². The summed E-state index contributed by atoms with van der Waals surface area (Å²) in [5, 5.41) is 3.84. The predicted molar refractivity (Wildman–Crippen MR) is 76.0 cm³/mol. The third-order valence-corrected chi connectivity index (χ3v) is 3.83. The van der Waals surface area contributed by atoms with Gasteiger partial charge in [0.2, 0.25) is 0 Å². The van der Waals surface area contributed by atoms with Crippen LogP contribution in [0.4, 0.5) is 4.39 Å². The van der Waals surface area contributed by atoms with Crippen LogP contribution in [0.2, 0.25) is 5.02 Å². The summed E-state index contributed by atoms with van der Waals surface area (Å²) in [7, 11) is 1.71. The minimum absolute atomic E-state index is 0.0298. The third-order valence-electron chi connectivity index (χ3n) is 3.60. The lowest BCUT2D eigenvalue weighted by molar-refractivity contribution is 0.0496. The second kappa shape index (κ2) is 6.69. The highest BCUT2D eigenvalue weighted by Gasteiger charge is 2.38. The molecule has 2 rings (SSSR count). The lowest BCUT2D eigenvalue weighted by Gasteiger charge is -2.28. The molecule has 106 valence electrons. The van der Waals surface area contributed by atoms with Gasteiger partial charge in [0.05, 0.1) is 12.1 Å². The van der Waals surface area contributed by atoms with Crippen molar-refractivity contribution in [3.05, 3.63) is 34.6 Å². The van der Waals surface area contributed by atoms with Crippen LogP contribution in [-0.2, 0) is 4.74 Å². The first kappa shape index (κ1) is 14.8. The van der Waals surface area contributed by atoms with Crippen LogP contribution < -0.4 is 5.32 Å². The molecule has 1 N–H and O–H groups in total. The Labute approximate surface area is 119 Å². The summed E-state index contributed by atoms with van der Waals surface area (Å²) in [5.41, 5.74) is 0.650. The van der Waals surface area contributed by atoms with Gasteiger partial charge in [-0.25, -0.2) is 4.39 Å². The molecule has 0 amide bonds. The molecule has 2 atom stereocenters. The highest BCUT2D eigenvalue weighted by Crippen LogP contribution is 2.40. The quantitative estimate of drug-likeness (QED) is 0.819. The monoisotopic (exact) mass is 285 g/mol. The van der Waals surface area contributed by atoms with Gasteiger partial charge in [-0.05, 0) is 43.9 Å². The molecule has 0 aromatic heterocycles. The van der Waals surface area contributed by atoms with Gasteiger partial charge < -0.3 is 10.1 Å². The Morgan fingerprint density at radius 2 is 2.21 bits per heavy atom. The Hall–Kier alpha value is -0.640. The van der Waals surface area contributed by atoms with Crippen molar-refractivity contribution in [1.82, 2.24) is 5.32 Å². The van der Waals surface area contributed by atoms with Crippen LogP contribution >= 0.6 is 11.6 Å². The fourth-order valence-electron chi connectivity index (χ4n) is 2.48. The minimum Gasteiger partial charge on any atom is -0.379 e. The van der Waals surface area contributed by atoms with Gasteiger partial charge in [-0.2, -0.15) is 0 Å². The van der Waals surface area contributed by atoms with Gasteiger partial charge in [0, 0.05) is 17.7 Å². The molecule has 2 nitrogen and oxygen atoms in total. The highest BCUT2D eigenvalue weighted by atomic mass is 35.5. The largest absolute Gasteiger partial charge is 0.379 e. The van der Waals surface area contributed by atoms with Crippen molar-refractivity contribution in [2.45, 2.75) is 38.3 Å². The van der Waals surface area contributed by atoms with Crippen LogP contribution in [0.25, 0.3) is 0 Å². The SMILES string of the molecule is CCCNC(c1ccc(Cl)cc1F)C(OC)C1CC1. The highest BCUT2D eigenvalue weighted by molar-refractivity contribution is 6.30. The second-order valence-electron chi connectivity index (χ2n) is 5.14. The molecule has 0 spiro atoms. The molecule has 1 saturated carbocycles. The molecular formula is C15H21ClFNO. The van der Waals surface area contributed by atoms with Gasteiger partial charge in [0.1, 0.15) is 5.82 Å². The van der Waals surface area contributed by atoms with Crippen molar-refractivity contribution in [3.63, 3.8) is 0 Å². The normalized spacial score (nSPS) is 18.3. The van der Waals surface area contributed by atoms with E-state index < -0.39 is 0 Å². The van der Waals surface area contributed by atoms with Crippen LogP contribution in [0.3, 0.4) is 0 Å². The Bertz CT molecular complexity index is 423. The standard InChI is InChI=1S/C15H21ClFNO/c1-3-8-18-14(15(19-2)10-4-5-10)12-7-6-11(16)9-13(12)17/h6-7,9-10,14-15,18H,3-5,8H2,1-2H3. The maximum Gasteiger partial charge on any atom is 0.129 e. The topological polar surface area (TPSA) is 21.3 Å². The predicted octanol–water partition coefficient (Wildman–Crippen LogP) is 3.94. The number of hydrogen-bond acceptors (Lipinski definition) is 2. The molecule has 1 aliphatic carbocycles. The van der Waals surface area contributed by atoms with E-state index in [4.69, 9.17) is 16.3 Å². The fraction of sp³-hybridized carbons (Fsp3) is 0.600. The lowest BCUT2D eigenvalue weighted by atomic mass is 9.97. The van der Waals surface area contributed by atoms with Gasteiger partial charge >= 0.3 is 0 Å². The number of methoxy groups -OCH3 is 1. The van der Waals surface area contributed by atoms with Gasteiger partial charge in [0.15, 0.2) is 0 Å². The first-order valence-corrected chi connectivity index (χ1v) is 7.26. The smallest absolute Gasteiger partial charge is 0.129 e. The van der Waals surface area contributed by atoms with Crippen molar-refractivity contribution >= 4 is 11.6 Å². The summed E-state index contributed by atoms with van der Waals surface area (Å²) in [6.07, 6.45) is 3.37. The number of halogens is 2. The zero-order valence-corrected chi connectivity index (χ0v) is 12.2. The number of ether oxygens (including phenoxy) is 1. The van der Waals surface area contributed by atoms with E-state index in [0.29, 0.717) is 16.5 Å². The lowest BCUT2D eigenvalue weighted by Crippen LogP contribution is -2.35. The number of rotatable bonds is 7. The molecule has 1 aromatic rings. The van der Waals surface area contributed by atoms with E-state index in [2.05, 4.69) is 12.2 Å². The summed E-state index contributed by atoms with van der Waals surface area (Å²) < 4.78 is 19.7. The van der Waals surface area contributed by atoms with E-state index in [1.165, 1.54) is 6.07 Å². The molecule has 19 heavy (non-hydrogen) atoms. The Morgan fingerprint density at radius 1 is 1.47 bits per heavy atom. The summed E-state index contributed by atoms with van der Waals surface area (Å²) in [4.78, 5) is 0. The third kappa shape index (κ3) is 3.68. The van der Waals surface area contributed by atoms with E-state index in [9.17, 15) is 4.39 Å². The maximum absolute atomic E-state index is 14.1. The van der Waals surface area contributed by atoms with E-state index in [1.807, 2.05) is 0 Å². The fourth-order valence-corrected chi connectivity index (χ4v) is 2.64. The second-order valence-corrected chi connectivity index (χ2v) is 5.57. The van der Waals surface area contributed by atoms with Crippen molar-refractivity contribution in [2.75, 3.05) is 13.7 Å². The van der Waals surface area contributed by atoms with Crippen molar-refractivity contribution in [2.24, 2.45) is 5.92 Å². The minimum atomic E-state index is -0.260. The van der Waals surface area contributed by atoms with Gasteiger partial charge in [-0.1, -0.05) is 24.6 Å². The Kier molecular flexibility index (Phi) is 5.20. The first-order valence-electron chi connectivity index (χ1n) is 6.88. The molecular weight excluding hydrogens is 265 g/mol. The van der Waals surface area contributed by atoms with Crippen LogP contribution in [0.1, 0.15) is 37.8 Å². The number of benzene rings is 1. The van der Waals surface area contributed by atoms with E-state index in [1.54, 1.807) is 19.2 Å². The first-order chi connectivity index (χ1) is 9.17. The number of nitrogens with one attached hydrogen (secondary N) is 1. The zero-order chi connectivity index (χ0) is 13.8. The van der Waals surface area contributed by atoms with E-state index >= 15 is 0 Å². The Morgan fingerprint density at radius 3 is 2.74 bits per heavy atom. The molecule has 1 aliphatic rings. The molecule has 0 heterocycles. The van der Waals surface area contributed by atoms with E-state index in [-0.39, 0.29) is 18.0 Å². The molecule has 1 fully saturated rings. The van der Waals surface area contributed by atoms with Crippen molar-refractivity contribution in [3.8, 4) is 0 Å². The van der Waals surface area contributed by atoms with E-state index in [0.717, 1.165) is 25.8 Å². The maximum atomic E-state index is 14.1. The molecule has 4 heteroatoms. The van der Waals surface area contributed by atoms with Gasteiger partial charge in [0.25, 0.3) is 0 Å². The molecule has 0 saturated heterocycles. The van der Waals surface area contributed by atoms with Crippen molar-refractivity contribution in [1.29, 1.82) is 0 Å².